The molecule has 4 nitrogen and oxygen atoms in total. The number of hydrogen-bond donors (Lipinski definition) is 1. The molecule has 22 heavy (non-hydrogen) atoms. The molecule has 0 aliphatic carbocycles. The lowest BCUT2D eigenvalue weighted by Gasteiger charge is -2.06. The van der Waals surface area contributed by atoms with Crippen LogP contribution in [-0.4, -0.2) is 11.9 Å². The van der Waals surface area contributed by atoms with Crippen molar-refractivity contribution in [2.75, 3.05) is 5.32 Å². The summed E-state index contributed by atoms with van der Waals surface area (Å²) in [5.41, 5.74) is 1.74. The quantitative estimate of drug-likeness (QED) is 0.647. The number of amides is 1. The third-order valence-electron chi connectivity index (χ3n) is 2.91. The molecule has 0 spiro atoms. The van der Waals surface area contributed by atoms with Gasteiger partial charge < -0.3 is 10.1 Å². The van der Waals surface area contributed by atoms with Gasteiger partial charge in [-0.05, 0) is 48.4 Å². The average Bonchev–Trinajstić information content (AvgIpc) is 2.47. The lowest BCUT2D eigenvalue weighted by atomic mass is 10.1. The number of halogens is 1. The molecular weight excluding hydrogens is 346 g/mol. The van der Waals surface area contributed by atoms with Crippen LogP contribution in [0.2, 0.25) is 0 Å². The van der Waals surface area contributed by atoms with Crippen LogP contribution in [0.25, 0.3) is 0 Å². The van der Waals surface area contributed by atoms with Gasteiger partial charge in [-0.25, -0.2) is 0 Å². The normalized spacial score (nSPS) is 10.1. The predicted molar refractivity (Wildman–Crippen MR) is 88.8 cm³/mol. The maximum Gasteiger partial charge on any atom is 0.311 e. The van der Waals surface area contributed by atoms with Crippen LogP contribution in [0.1, 0.15) is 18.9 Å². The number of carbonyl (C=O) groups excluding carboxylic acids is 2. The van der Waals surface area contributed by atoms with E-state index >= 15 is 0 Å². The highest BCUT2D eigenvalue weighted by Crippen LogP contribution is 2.17. The second kappa shape index (κ2) is 7.75. The second-order valence-electron chi connectivity index (χ2n) is 4.81. The molecule has 114 valence electrons. The zero-order valence-corrected chi connectivity index (χ0v) is 13.7. The fraction of sp³-hybridized carbons (Fsp3) is 0.176. The highest BCUT2D eigenvalue weighted by atomic mass is 79.9. The predicted octanol–water partition coefficient (Wildman–Crippen LogP) is 3.95. The number of nitrogens with one attached hydrogen (secondary N) is 1. The van der Waals surface area contributed by atoms with Gasteiger partial charge in [0.15, 0.2) is 0 Å². The number of aryl methyl sites for hydroxylation is 1. The molecule has 2 aromatic rings. The Morgan fingerprint density at radius 3 is 2.50 bits per heavy atom. The summed E-state index contributed by atoms with van der Waals surface area (Å²) in [5.74, 6) is 0.0411. The van der Waals surface area contributed by atoms with Gasteiger partial charge in [0.05, 0.1) is 0 Å². The number of ether oxygens (including phenoxy) is 1. The molecular formula is C17H16BrNO3. The van der Waals surface area contributed by atoms with E-state index in [9.17, 15) is 9.59 Å². The van der Waals surface area contributed by atoms with Crippen LogP contribution in [0.5, 0.6) is 5.75 Å². The Hall–Kier alpha value is -2.14. The van der Waals surface area contributed by atoms with Crippen LogP contribution >= 0.6 is 15.9 Å². The number of anilines is 1. The first-order chi connectivity index (χ1) is 10.5. The first kappa shape index (κ1) is 16.2. The van der Waals surface area contributed by atoms with E-state index in [4.69, 9.17) is 4.74 Å². The van der Waals surface area contributed by atoms with E-state index in [0.717, 1.165) is 10.0 Å². The minimum absolute atomic E-state index is 0.140. The molecule has 0 aromatic heterocycles. The molecule has 0 heterocycles. The summed E-state index contributed by atoms with van der Waals surface area (Å²) in [6.45, 7) is 1.44. The van der Waals surface area contributed by atoms with E-state index in [0.29, 0.717) is 24.3 Å². The van der Waals surface area contributed by atoms with Crippen molar-refractivity contribution in [3.8, 4) is 5.75 Å². The molecule has 1 amide bonds. The van der Waals surface area contributed by atoms with Crippen molar-refractivity contribution in [3.05, 3.63) is 58.6 Å². The molecule has 1 N–H and O–H groups in total. The number of benzene rings is 2. The fourth-order valence-corrected chi connectivity index (χ4v) is 2.38. The Balaban J connectivity index is 1.85. The summed E-state index contributed by atoms with van der Waals surface area (Å²) >= 11 is 3.40. The van der Waals surface area contributed by atoms with Gasteiger partial charge >= 0.3 is 5.97 Å². The third kappa shape index (κ3) is 5.33. The Morgan fingerprint density at radius 2 is 1.86 bits per heavy atom. The summed E-state index contributed by atoms with van der Waals surface area (Å²) in [7, 11) is 0. The molecule has 0 radical (unpaired) electrons. The lowest BCUT2D eigenvalue weighted by molar-refractivity contribution is -0.134. The molecule has 2 aromatic carbocycles. The van der Waals surface area contributed by atoms with Crippen LogP contribution in [0, 0.1) is 0 Å². The third-order valence-corrected chi connectivity index (χ3v) is 3.41. The van der Waals surface area contributed by atoms with Crippen molar-refractivity contribution in [1.82, 2.24) is 0 Å². The highest BCUT2D eigenvalue weighted by Gasteiger charge is 2.06. The molecule has 0 unspecified atom stereocenters. The summed E-state index contributed by atoms with van der Waals surface area (Å²) in [4.78, 5) is 22.7. The Kier molecular flexibility index (Phi) is 5.72. The van der Waals surface area contributed by atoms with Gasteiger partial charge in [-0.3, -0.25) is 9.59 Å². The van der Waals surface area contributed by atoms with Gasteiger partial charge in [0.2, 0.25) is 5.91 Å². The molecule has 0 aliphatic rings. The van der Waals surface area contributed by atoms with Crippen LogP contribution in [0.15, 0.2) is 53.0 Å². The summed E-state index contributed by atoms with van der Waals surface area (Å²) < 4.78 is 6.26. The van der Waals surface area contributed by atoms with Gasteiger partial charge in [-0.1, -0.05) is 28.1 Å². The van der Waals surface area contributed by atoms with Crippen LogP contribution in [-0.2, 0) is 16.0 Å². The minimum atomic E-state index is -0.285. The van der Waals surface area contributed by atoms with Crippen molar-refractivity contribution in [2.45, 2.75) is 19.8 Å². The molecule has 5 heteroatoms. The van der Waals surface area contributed by atoms with Crippen LogP contribution in [0.4, 0.5) is 5.69 Å². The number of carbonyl (C=O) groups is 2. The monoisotopic (exact) mass is 361 g/mol. The van der Waals surface area contributed by atoms with E-state index in [1.807, 2.05) is 24.3 Å². The summed E-state index contributed by atoms with van der Waals surface area (Å²) in [6, 6.07) is 14.5. The van der Waals surface area contributed by atoms with Crippen molar-refractivity contribution in [1.29, 1.82) is 0 Å². The Labute approximate surface area is 137 Å². The Morgan fingerprint density at radius 1 is 1.14 bits per heavy atom. The summed E-state index contributed by atoms with van der Waals surface area (Å²) in [6.07, 6.45) is 0.937. The standard InChI is InChI=1S/C17H16BrNO3/c1-12(20)19-15-6-8-16(9-7-15)22-17(21)10-5-13-3-2-4-14(18)11-13/h2-4,6-9,11H,5,10H2,1H3,(H,19,20). The summed E-state index contributed by atoms with van der Waals surface area (Å²) in [5, 5.41) is 2.65. The largest absolute Gasteiger partial charge is 0.427 e. The number of esters is 1. The van der Waals surface area contributed by atoms with Crippen LogP contribution in [0.3, 0.4) is 0 Å². The van der Waals surface area contributed by atoms with Gasteiger partial charge in [-0.2, -0.15) is 0 Å². The maximum atomic E-state index is 11.8. The van der Waals surface area contributed by atoms with Gasteiger partial charge in [-0.15, -0.1) is 0 Å². The minimum Gasteiger partial charge on any atom is -0.427 e. The smallest absolute Gasteiger partial charge is 0.311 e. The zero-order chi connectivity index (χ0) is 15.9. The van der Waals surface area contributed by atoms with Crippen molar-refractivity contribution in [3.63, 3.8) is 0 Å². The second-order valence-corrected chi connectivity index (χ2v) is 5.73. The van der Waals surface area contributed by atoms with Crippen molar-refractivity contribution < 1.29 is 14.3 Å². The van der Waals surface area contributed by atoms with Crippen LogP contribution < -0.4 is 10.1 Å². The average molecular weight is 362 g/mol. The lowest BCUT2D eigenvalue weighted by Crippen LogP contribution is -2.09. The molecule has 2 rings (SSSR count). The Bertz CT molecular complexity index is 668. The van der Waals surface area contributed by atoms with E-state index in [2.05, 4.69) is 21.2 Å². The van der Waals surface area contributed by atoms with E-state index in [-0.39, 0.29) is 11.9 Å². The van der Waals surface area contributed by atoms with E-state index < -0.39 is 0 Å². The van der Waals surface area contributed by atoms with Crippen molar-refractivity contribution >= 4 is 33.5 Å². The van der Waals surface area contributed by atoms with Gasteiger partial charge in [0, 0.05) is 23.5 Å². The topological polar surface area (TPSA) is 55.4 Å². The molecule has 0 bridgehead atoms. The van der Waals surface area contributed by atoms with E-state index in [1.54, 1.807) is 24.3 Å². The first-order valence-electron chi connectivity index (χ1n) is 6.86. The number of rotatable bonds is 5. The van der Waals surface area contributed by atoms with E-state index in [1.165, 1.54) is 6.92 Å². The molecule has 0 fully saturated rings. The zero-order valence-electron chi connectivity index (χ0n) is 12.1. The molecule has 0 aliphatic heterocycles. The highest BCUT2D eigenvalue weighted by molar-refractivity contribution is 9.10. The first-order valence-corrected chi connectivity index (χ1v) is 7.65. The van der Waals surface area contributed by atoms with Crippen molar-refractivity contribution in [2.24, 2.45) is 0 Å². The van der Waals surface area contributed by atoms with Gasteiger partial charge in [0.1, 0.15) is 5.75 Å². The molecule has 0 saturated heterocycles. The maximum absolute atomic E-state index is 11.8. The number of hydrogen-bond acceptors (Lipinski definition) is 3. The van der Waals surface area contributed by atoms with Gasteiger partial charge in [0.25, 0.3) is 0 Å². The molecule has 0 saturated carbocycles. The SMILES string of the molecule is CC(=O)Nc1ccc(OC(=O)CCc2cccc(Br)c2)cc1. The fourth-order valence-electron chi connectivity index (χ4n) is 1.93. The molecule has 0 atom stereocenters.